The van der Waals surface area contributed by atoms with Gasteiger partial charge in [0.1, 0.15) is 17.7 Å². The Morgan fingerprint density at radius 3 is 2.69 bits per heavy atom. The Morgan fingerprint density at radius 1 is 1.25 bits per heavy atom. The van der Waals surface area contributed by atoms with Crippen LogP contribution in [0.5, 0.6) is 0 Å². The normalized spacial score (nSPS) is 17.3. The maximum atomic E-state index is 12.1. The Bertz CT molecular complexity index is 1000. The monoisotopic (exact) mass is 500 g/mol. The predicted octanol–water partition coefficient (Wildman–Crippen LogP) is 4.64. The zero-order valence-electron chi connectivity index (χ0n) is 18.9. The fourth-order valence-corrected chi connectivity index (χ4v) is 3.66. The van der Waals surface area contributed by atoms with Gasteiger partial charge in [-0.05, 0) is 43.7 Å². The van der Waals surface area contributed by atoms with Gasteiger partial charge in [-0.3, -0.25) is 19.8 Å². The number of benzodiazepines with no additional fused rings is 1. The second-order valence-electron chi connectivity index (χ2n) is 7.70. The van der Waals surface area contributed by atoms with Gasteiger partial charge in [-0.25, -0.2) is 0 Å². The molecule has 0 saturated carbocycles. The van der Waals surface area contributed by atoms with Crippen molar-refractivity contribution in [3.8, 4) is 0 Å². The number of carbonyl (C=O) groups is 1. The van der Waals surface area contributed by atoms with Crippen molar-refractivity contribution in [1.29, 1.82) is 0 Å². The molecule has 2 heterocycles. The van der Waals surface area contributed by atoms with Crippen LogP contribution in [-0.2, 0) is 14.3 Å². The average Bonchev–Trinajstić information content (AvgIpc) is 2.98. The summed E-state index contributed by atoms with van der Waals surface area (Å²) in [6.07, 6.45) is 3.22. The lowest BCUT2D eigenvalue weighted by Gasteiger charge is -2.25. The first-order valence-electron chi connectivity index (χ1n) is 10.6. The Morgan fingerprint density at radius 2 is 2.03 bits per heavy atom. The summed E-state index contributed by atoms with van der Waals surface area (Å²) in [6.45, 7) is 3.99. The molecule has 0 bridgehead atoms. The fraction of sp³-hybridized carbons (Fsp3) is 0.417. The molecule has 0 fully saturated rings. The summed E-state index contributed by atoms with van der Waals surface area (Å²) < 4.78 is 11.9. The molecule has 1 atom stereocenters. The quantitative estimate of drug-likeness (QED) is 0.506. The van der Waals surface area contributed by atoms with E-state index in [0.29, 0.717) is 25.1 Å². The zero-order valence-corrected chi connectivity index (χ0v) is 20.5. The van der Waals surface area contributed by atoms with Gasteiger partial charge in [0, 0.05) is 49.0 Å². The van der Waals surface area contributed by atoms with Crippen LogP contribution in [0, 0.1) is 0 Å². The summed E-state index contributed by atoms with van der Waals surface area (Å²) >= 11 is 3.57. The summed E-state index contributed by atoms with van der Waals surface area (Å²) in [5, 5.41) is 3.46. The van der Waals surface area contributed by atoms with Gasteiger partial charge in [0.2, 0.25) is 0 Å². The standard InChI is InChI=1S/C24H29BrN4O3/c1-5-17(30)10-12-21-23(27-15-24(2,31-3)32-4)29-19-11-9-16(25)14-18(19)22(28-21)20-8-6-7-13-26-20/h6-9,11,13-14,21H,5,10,12,15H2,1-4H3,(H,27,29)/t21-/m0/s1. The van der Waals surface area contributed by atoms with E-state index in [9.17, 15) is 4.79 Å². The Hall–Kier alpha value is -2.42. The number of amidine groups is 1. The van der Waals surface area contributed by atoms with E-state index in [2.05, 4.69) is 26.2 Å². The summed E-state index contributed by atoms with van der Waals surface area (Å²) in [4.78, 5) is 26.5. The van der Waals surface area contributed by atoms with E-state index in [1.54, 1.807) is 20.4 Å². The lowest BCUT2D eigenvalue weighted by Crippen LogP contribution is -2.35. The van der Waals surface area contributed by atoms with E-state index >= 15 is 0 Å². The van der Waals surface area contributed by atoms with Crippen LogP contribution < -0.4 is 5.32 Å². The first-order valence-corrected chi connectivity index (χ1v) is 11.4. The van der Waals surface area contributed by atoms with E-state index in [4.69, 9.17) is 19.5 Å². The van der Waals surface area contributed by atoms with Gasteiger partial charge < -0.3 is 14.8 Å². The van der Waals surface area contributed by atoms with Crippen LogP contribution in [0.25, 0.3) is 0 Å². The van der Waals surface area contributed by atoms with E-state index in [0.717, 1.165) is 27.1 Å². The molecular formula is C24H29BrN4O3. The summed E-state index contributed by atoms with van der Waals surface area (Å²) in [6, 6.07) is 11.4. The van der Waals surface area contributed by atoms with Gasteiger partial charge in [-0.15, -0.1) is 0 Å². The number of pyridine rings is 1. The number of Topliss-reactive ketones (excluding diaryl/α,β-unsaturated/α-hetero) is 1. The Labute approximate surface area is 197 Å². The molecule has 1 aliphatic rings. The topological polar surface area (TPSA) is 85.2 Å². The highest BCUT2D eigenvalue weighted by molar-refractivity contribution is 9.10. The molecule has 0 unspecified atom stereocenters. The minimum absolute atomic E-state index is 0.196. The number of aromatic nitrogens is 1. The van der Waals surface area contributed by atoms with Crippen molar-refractivity contribution in [2.45, 2.75) is 44.9 Å². The number of hydrogen-bond donors (Lipinski definition) is 1. The molecule has 0 spiro atoms. The van der Waals surface area contributed by atoms with Crippen LogP contribution in [0.15, 0.2) is 57.1 Å². The number of aliphatic imine (C=N–C) groups is 2. The number of anilines is 1. The third-order valence-corrected chi connectivity index (χ3v) is 5.99. The number of hydrogen-bond acceptors (Lipinski definition) is 6. The number of ether oxygens (including phenoxy) is 2. The lowest BCUT2D eigenvalue weighted by atomic mass is 10.0. The van der Waals surface area contributed by atoms with Crippen LogP contribution >= 0.6 is 15.9 Å². The van der Waals surface area contributed by atoms with Crippen molar-refractivity contribution in [1.82, 2.24) is 4.98 Å². The third-order valence-electron chi connectivity index (χ3n) is 5.50. The van der Waals surface area contributed by atoms with Crippen LogP contribution in [0.4, 0.5) is 5.69 Å². The van der Waals surface area contributed by atoms with Crippen LogP contribution in [-0.4, -0.2) is 54.9 Å². The third kappa shape index (κ3) is 5.88. The van der Waals surface area contributed by atoms with Crippen molar-refractivity contribution < 1.29 is 14.3 Å². The van der Waals surface area contributed by atoms with E-state index in [-0.39, 0.29) is 18.4 Å². The van der Waals surface area contributed by atoms with Crippen molar-refractivity contribution >= 4 is 38.9 Å². The summed E-state index contributed by atoms with van der Waals surface area (Å²) in [5.74, 6) is 0.00621. The molecule has 2 aromatic rings. The molecule has 1 N–H and O–H groups in total. The second-order valence-corrected chi connectivity index (χ2v) is 8.61. The largest absolute Gasteiger partial charge is 0.352 e. The number of halogens is 1. The lowest BCUT2D eigenvalue weighted by molar-refractivity contribution is -0.184. The smallest absolute Gasteiger partial charge is 0.184 e. The van der Waals surface area contributed by atoms with Gasteiger partial charge in [0.25, 0.3) is 0 Å². The molecule has 32 heavy (non-hydrogen) atoms. The van der Waals surface area contributed by atoms with Gasteiger partial charge in [-0.1, -0.05) is 28.9 Å². The summed E-state index contributed by atoms with van der Waals surface area (Å²) in [7, 11) is 3.18. The van der Waals surface area contributed by atoms with Crippen LogP contribution in [0.2, 0.25) is 0 Å². The molecule has 0 aliphatic carbocycles. The van der Waals surface area contributed by atoms with Gasteiger partial charge in [0.05, 0.1) is 18.0 Å². The first-order chi connectivity index (χ1) is 15.4. The van der Waals surface area contributed by atoms with Crippen LogP contribution in [0.1, 0.15) is 44.4 Å². The number of nitrogens with one attached hydrogen (secondary N) is 1. The van der Waals surface area contributed by atoms with E-state index in [1.807, 2.05) is 50.2 Å². The maximum absolute atomic E-state index is 12.1. The minimum atomic E-state index is -0.860. The molecule has 170 valence electrons. The van der Waals surface area contributed by atoms with Gasteiger partial charge >= 0.3 is 0 Å². The van der Waals surface area contributed by atoms with Crippen LogP contribution in [0.3, 0.4) is 0 Å². The molecular weight excluding hydrogens is 472 g/mol. The highest BCUT2D eigenvalue weighted by Gasteiger charge is 2.28. The fourth-order valence-electron chi connectivity index (χ4n) is 3.30. The van der Waals surface area contributed by atoms with E-state index < -0.39 is 5.79 Å². The molecule has 1 aliphatic heterocycles. The highest BCUT2D eigenvalue weighted by Crippen LogP contribution is 2.28. The molecule has 0 amide bonds. The molecule has 3 rings (SSSR count). The number of rotatable bonds is 9. The maximum Gasteiger partial charge on any atom is 0.184 e. The number of fused-ring (bicyclic) bond motifs is 1. The molecule has 7 nitrogen and oxygen atoms in total. The number of nitrogens with zero attached hydrogens (tertiary/aromatic N) is 3. The second kappa shape index (κ2) is 10.9. The molecule has 1 aromatic heterocycles. The molecule has 0 radical (unpaired) electrons. The number of methoxy groups -OCH3 is 2. The van der Waals surface area contributed by atoms with Crippen molar-refractivity contribution in [2.24, 2.45) is 9.98 Å². The first kappa shape index (κ1) is 24.2. The van der Waals surface area contributed by atoms with Gasteiger partial charge in [0.15, 0.2) is 5.79 Å². The van der Waals surface area contributed by atoms with E-state index in [1.165, 1.54) is 0 Å². The molecule has 0 saturated heterocycles. The minimum Gasteiger partial charge on any atom is -0.352 e. The van der Waals surface area contributed by atoms with Crippen molar-refractivity contribution in [2.75, 3.05) is 26.1 Å². The highest BCUT2D eigenvalue weighted by atomic mass is 79.9. The Kier molecular flexibility index (Phi) is 8.28. The SMILES string of the molecule is CCC(=O)CC[C@@H]1N=C(c2ccccn2)c2cc(Br)ccc2NC1=NCC(C)(OC)OC. The predicted molar refractivity (Wildman–Crippen MR) is 131 cm³/mol. The number of benzene rings is 1. The van der Waals surface area contributed by atoms with Gasteiger partial charge in [-0.2, -0.15) is 0 Å². The number of carbonyl (C=O) groups excluding carboxylic acids is 1. The zero-order chi connectivity index (χ0) is 23.1. The summed E-state index contributed by atoms with van der Waals surface area (Å²) in [5.41, 5.74) is 3.31. The molecule has 1 aromatic carbocycles. The molecule has 8 heteroatoms. The number of ketones is 1. The van der Waals surface area contributed by atoms with Crippen molar-refractivity contribution in [3.05, 3.63) is 58.3 Å². The Balaban J connectivity index is 2.11. The van der Waals surface area contributed by atoms with Crippen molar-refractivity contribution in [3.63, 3.8) is 0 Å². The average molecular weight is 501 g/mol.